The Morgan fingerprint density at radius 2 is 2.18 bits per heavy atom. The van der Waals surface area contributed by atoms with Gasteiger partial charge in [0.2, 0.25) is 0 Å². The average molecular weight is 238 g/mol. The van der Waals surface area contributed by atoms with E-state index in [0.29, 0.717) is 6.54 Å². The van der Waals surface area contributed by atoms with Gasteiger partial charge in [0.15, 0.2) is 5.78 Å². The molecule has 0 aliphatic rings. The van der Waals surface area contributed by atoms with E-state index < -0.39 is 0 Å². The summed E-state index contributed by atoms with van der Waals surface area (Å²) in [6.07, 6.45) is 0.950. The van der Waals surface area contributed by atoms with Crippen LogP contribution in [0.5, 0.6) is 0 Å². The zero-order valence-corrected chi connectivity index (χ0v) is 11.2. The zero-order valence-electron chi connectivity index (χ0n) is 11.2. The Morgan fingerprint density at radius 1 is 1.47 bits per heavy atom. The number of Topliss-reactive ketones (excluding diaryl/α,β-unsaturated/α-hetero) is 1. The van der Waals surface area contributed by atoms with Crippen LogP contribution in [0.3, 0.4) is 0 Å². The van der Waals surface area contributed by atoms with Gasteiger partial charge in [-0.05, 0) is 33.4 Å². The van der Waals surface area contributed by atoms with Crippen molar-refractivity contribution in [2.45, 2.75) is 20.3 Å². The van der Waals surface area contributed by atoms with Crippen molar-refractivity contribution in [3.05, 3.63) is 23.0 Å². The second kappa shape index (κ2) is 6.57. The van der Waals surface area contributed by atoms with Crippen LogP contribution in [0.25, 0.3) is 0 Å². The van der Waals surface area contributed by atoms with Crippen molar-refractivity contribution in [2.24, 2.45) is 0 Å². The van der Waals surface area contributed by atoms with E-state index in [1.807, 2.05) is 31.9 Å². The fourth-order valence-corrected chi connectivity index (χ4v) is 1.90. The van der Waals surface area contributed by atoms with Crippen molar-refractivity contribution in [1.29, 1.82) is 0 Å². The molecule has 0 radical (unpaired) electrons. The monoisotopic (exact) mass is 238 g/mol. The first-order chi connectivity index (χ1) is 8.04. The maximum absolute atomic E-state index is 12.0. The largest absolute Gasteiger partial charge is 0.385 e. The second-order valence-corrected chi connectivity index (χ2v) is 4.50. The molecule has 0 fully saturated rings. The van der Waals surface area contributed by atoms with Gasteiger partial charge in [0.25, 0.3) is 0 Å². The molecule has 1 N–H and O–H groups in total. The Morgan fingerprint density at radius 3 is 2.71 bits per heavy atom. The van der Waals surface area contributed by atoms with Crippen LogP contribution in [0.4, 0.5) is 0 Å². The number of rotatable bonds is 7. The lowest BCUT2D eigenvalue weighted by Gasteiger charge is -2.15. The highest BCUT2D eigenvalue weighted by atomic mass is 16.5. The summed E-state index contributed by atoms with van der Waals surface area (Å²) in [6.45, 7) is 5.97. The normalized spacial score (nSPS) is 11.1. The third-order valence-electron chi connectivity index (χ3n) is 2.75. The third kappa shape index (κ3) is 4.32. The minimum Gasteiger partial charge on any atom is -0.385 e. The number of nitrogens with zero attached hydrogens (tertiary/aromatic N) is 1. The summed E-state index contributed by atoms with van der Waals surface area (Å²) >= 11 is 0. The molecule has 96 valence electrons. The summed E-state index contributed by atoms with van der Waals surface area (Å²) in [5.74, 6) is 0.173. The van der Waals surface area contributed by atoms with Gasteiger partial charge in [0, 0.05) is 37.2 Å². The molecular weight excluding hydrogens is 216 g/mol. The highest BCUT2D eigenvalue weighted by molar-refractivity contribution is 5.98. The summed E-state index contributed by atoms with van der Waals surface area (Å²) in [4.78, 5) is 17.2. The maximum Gasteiger partial charge on any atom is 0.178 e. The average Bonchev–Trinajstić information content (AvgIpc) is 2.58. The lowest BCUT2D eigenvalue weighted by atomic mass is 10.1. The smallest absolute Gasteiger partial charge is 0.178 e. The highest BCUT2D eigenvalue weighted by Gasteiger charge is 2.13. The molecule has 0 aliphatic heterocycles. The molecule has 1 heterocycles. The van der Waals surface area contributed by atoms with E-state index in [1.54, 1.807) is 7.11 Å². The van der Waals surface area contributed by atoms with Crippen LogP contribution in [-0.4, -0.2) is 49.5 Å². The summed E-state index contributed by atoms with van der Waals surface area (Å²) in [5, 5.41) is 0. The van der Waals surface area contributed by atoms with Crippen molar-refractivity contribution in [3.63, 3.8) is 0 Å². The van der Waals surface area contributed by atoms with Gasteiger partial charge in [-0.2, -0.15) is 0 Å². The van der Waals surface area contributed by atoms with Crippen LogP contribution in [0, 0.1) is 13.8 Å². The number of likely N-dealkylation sites (N-methyl/N-ethyl adjacent to an activating group) is 1. The minimum absolute atomic E-state index is 0.173. The fourth-order valence-electron chi connectivity index (χ4n) is 1.90. The Labute approximate surface area is 103 Å². The number of hydrogen-bond donors (Lipinski definition) is 1. The molecule has 0 aromatic carbocycles. The van der Waals surface area contributed by atoms with Crippen LogP contribution in [0.15, 0.2) is 6.07 Å². The van der Waals surface area contributed by atoms with E-state index in [4.69, 9.17) is 4.74 Å². The van der Waals surface area contributed by atoms with Crippen LogP contribution in [-0.2, 0) is 4.74 Å². The summed E-state index contributed by atoms with van der Waals surface area (Å²) < 4.78 is 4.99. The van der Waals surface area contributed by atoms with E-state index in [-0.39, 0.29) is 5.78 Å². The van der Waals surface area contributed by atoms with Gasteiger partial charge in [-0.3, -0.25) is 9.69 Å². The van der Waals surface area contributed by atoms with Crippen LogP contribution >= 0.6 is 0 Å². The fraction of sp³-hybridized carbons (Fsp3) is 0.615. The molecule has 0 saturated heterocycles. The van der Waals surface area contributed by atoms with E-state index in [9.17, 15) is 4.79 Å². The molecule has 0 atom stereocenters. The molecule has 1 aromatic rings. The van der Waals surface area contributed by atoms with Gasteiger partial charge in [0.05, 0.1) is 6.54 Å². The molecule has 17 heavy (non-hydrogen) atoms. The number of aromatic amines is 1. The predicted octanol–water partition coefficient (Wildman–Crippen LogP) is 1.78. The molecule has 0 aliphatic carbocycles. The third-order valence-corrected chi connectivity index (χ3v) is 2.75. The number of nitrogens with one attached hydrogen (secondary N) is 1. The minimum atomic E-state index is 0.173. The number of aromatic nitrogens is 1. The maximum atomic E-state index is 12.0. The summed E-state index contributed by atoms with van der Waals surface area (Å²) in [6, 6.07) is 1.92. The van der Waals surface area contributed by atoms with Gasteiger partial charge in [-0.15, -0.1) is 0 Å². The summed E-state index contributed by atoms with van der Waals surface area (Å²) in [5.41, 5.74) is 2.80. The molecule has 4 nitrogen and oxygen atoms in total. The lowest BCUT2D eigenvalue weighted by Crippen LogP contribution is -2.27. The van der Waals surface area contributed by atoms with Crippen molar-refractivity contribution < 1.29 is 9.53 Å². The number of carbonyl (C=O) groups is 1. The predicted molar refractivity (Wildman–Crippen MR) is 68.6 cm³/mol. The lowest BCUT2D eigenvalue weighted by molar-refractivity contribution is 0.0938. The van der Waals surface area contributed by atoms with Gasteiger partial charge < -0.3 is 9.72 Å². The van der Waals surface area contributed by atoms with Crippen molar-refractivity contribution in [2.75, 3.05) is 33.9 Å². The number of H-pyrrole nitrogens is 1. The standard InChI is InChI=1S/C13H22N2O2/c1-10-8-12(11(2)14-10)13(16)9-15(3)6-5-7-17-4/h8,14H,5-7,9H2,1-4H3. The number of ketones is 1. The van der Waals surface area contributed by atoms with Crippen LogP contribution < -0.4 is 0 Å². The first kappa shape index (κ1) is 13.9. The topological polar surface area (TPSA) is 45.3 Å². The molecular formula is C13H22N2O2. The molecule has 0 unspecified atom stereocenters. The molecule has 4 heteroatoms. The molecule has 0 saturated carbocycles. The van der Waals surface area contributed by atoms with Crippen molar-refractivity contribution >= 4 is 5.78 Å². The van der Waals surface area contributed by atoms with Gasteiger partial charge >= 0.3 is 0 Å². The Balaban J connectivity index is 2.46. The number of ether oxygens (including phenoxy) is 1. The molecule has 1 rings (SSSR count). The Hall–Kier alpha value is -1.13. The van der Waals surface area contributed by atoms with E-state index in [1.165, 1.54) is 0 Å². The molecule has 0 bridgehead atoms. The number of hydrogen-bond acceptors (Lipinski definition) is 3. The van der Waals surface area contributed by atoms with E-state index in [0.717, 1.165) is 36.5 Å². The number of aryl methyl sites for hydroxylation is 2. The molecule has 0 amide bonds. The molecule has 0 spiro atoms. The first-order valence-electron chi connectivity index (χ1n) is 5.91. The van der Waals surface area contributed by atoms with Gasteiger partial charge in [-0.25, -0.2) is 0 Å². The van der Waals surface area contributed by atoms with E-state index in [2.05, 4.69) is 4.98 Å². The SMILES string of the molecule is COCCCN(C)CC(=O)c1cc(C)[nH]c1C. The Kier molecular flexibility index (Phi) is 5.38. The van der Waals surface area contributed by atoms with E-state index >= 15 is 0 Å². The summed E-state index contributed by atoms with van der Waals surface area (Å²) in [7, 11) is 3.65. The highest BCUT2D eigenvalue weighted by Crippen LogP contribution is 2.10. The molecule has 1 aromatic heterocycles. The quantitative estimate of drug-likeness (QED) is 0.582. The second-order valence-electron chi connectivity index (χ2n) is 4.50. The van der Waals surface area contributed by atoms with Gasteiger partial charge in [0.1, 0.15) is 0 Å². The number of methoxy groups -OCH3 is 1. The Bertz CT molecular complexity index is 371. The van der Waals surface area contributed by atoms with Crippen molar-refractivity contribution in [1.82, 2.24) is 9.88 Å². The van der Waals surface area contributed by atoms with Crippen LogP contribution in [0.2, 0.25) is 0 Å². The van der Waals surface area contributed by atoms with Crippen molar-refractivity contribution in [3.8, 4) is 0 Å². The van der Waals surface area contributed by atoms with Gasteiger partial charge in [-0.1, -0.05) is 0 Å². The zero-order chi connectivity index (χ0) is 12.8. The van der Waals surface area contributed by atoms with Crippen LogP contribution in [0.1, 0.15) is 28.2 Å². The number of carbonyl (C=O) groups excluding carboxylic acids is 1. The first-order valence-corrected chi connectivity index (χ1v) is 5.91.